The highest BCUT2D eigenvalue weighted by atomic mass is 35.5. The second kappa shape index (κ2) is 6.21. The molecule has 17 heavy (non-hydrogen) atoms. The highest BCUT2D eigenvalue weighted by molar-refractivity contribution is 6.30. The minimum absolute atomic E-state index is 0.514. The molecule has 4 nitrogen and oxygen atoms in total. The van der Waals surface area contributed by atoms with Gasteiger partial charge in [0, 0.05) is 30.7 Å². The van der Waals surface area contributed by atoms with Crippen LogP contribution in [0.4, 0.5) is 0 Å². The van der Waals surface area contributed by atoms with Crippen LogP contribution >= 0.6 is 11.6 Å². The molecule has 0 fully saturated rings. The molecular weight excluding hydrogens is 242 g/mol. The van der Waals surface area contributed by atoms with E-state index in [1.165, 1.54) is 5.56 Å². The van der Waals surface area contributed by atoms with E-state index in [9.17, 15) is 0 Å². The summed E-state index contributed by atoms with van der Waals surface area (Å²) in [5, 5.41) is 0.739. The SMILES string of the molecule is COCCONCc1cc(Cl)cc2c1OCC2. The van der Waals surface area contributed by atoms with Gasteiger partial charge in [0.2, 0.25) is 0 Å². The lowest BCUT2D eigenvalue weighted by Crippen LogP contribution is -2.17. The number of rotatable bonds is 6. The molecule has 0 aliphatic carbocycles. The molecule has 0 spiro atoms. The molecule has 1 aliphatic rings. The molecule has 1 heterocycles. The van der Waals surface area contributed by atoms with Crippen molar-refractivity contribution in [2.75, 3.05) is 26.9 Å². The van der Waals surface area contributed by atoms with Crippen LogP contribution in [0.25, 0.3) is 0 Å². The van der Waals surface area contributed by atoms with Crippen molar-refractivity contribution in [3.05, 3.63) is 28.3 Å². The first-order valence-corrected chi connectivity index (χ1v) is 5.96. The molecule has 94 valence electrons. The number of fused-ring (bicyclic) bond motifs is 1. The van der Waals surface area contributed by atoms with Gasteiger partial charge in [0.1, 0.15) is 5.75 Å². The summed E-state index contributed by atoms with van der Waals surface area (Å²) in [5.74, 6) is 0.942. The fourth-order valence-corrected chi connectivity index (χ4v) is 2.07. The quantitative estimate of drug-likeness (QED) is 0.625. The first kappa shape index (κ1) is 12.6. The summed E-state index contributed by atoms with van der Waals surface area (Å²) in [5.41, 5.74) is 5.08. The second-order valence-electron chi connectivity index (χ2n) is 3.81. The fourth-order valence-electron chi connectivity index (χ4n) is 1.80. The monoisotopic (exact) mass is 257 g/mol. The van der Waals surface area contributed by atoms with Gasteiger partial charge in [-0.25, -0.2) is 0 Å². The second-order valence-corrected chi connectivity index (χ2v) is 4.25. The number of ether oxygens (including phenoxy) is 2. The van der Waals surface area contributed by atoms with Gasteiger partial charge in [-0.15, -0.1) is 0 Å². The first-order chi connectivity index (χ1) is 8.31. The maximum Gasteiger partial charge on any atom is 0.127 e. The highest BCUT2D eigenvalue weighted by Gasteiger charge is 2.17. The van der Waals surface area contributed by atoms with Crippen molar-refractivity contribution in [2.24, 2.45) is 0 Å². The van der Waals surface area contributed by atoms with Crippen LogP contribution in [0.3, 0.4) is 0 Å². The molecule has 0 aromatic heterocycles. The minimum Gasteiger partial charge on any atom is -0.493 e. The van der Waals surface area contributed by atoms with Crippen LogP contribution in [0.5, 0.6) is 5.75 Å². The maximum absolute atomic E-state index is 6.05. The minimum atomic E-state index is 0.514. The van der Waals surface area contributed by atoms with E-state index in [-0.39, 0.29) is 0 Å². The van der Waals surface area contributed by atoms with Crippen molar-refractivity contribution in [3.63, 3.8) is 0 Å². The number of benzene rings is 1. The molecule has 0 amide bonds. The van der Waals surface area contributed by atoms with Crippen molar-refractivity contribution in [2.45, 2.75) is 13.0 Å². The van der Waals surface area contributed by atoms with E-state index in [0.29, 0.717) is 19.8 Å². The molecule has 5 heteroatoms. The van der Waals surface area contributed by atoms with Crippen molar-refractivity contribution in [1.29, 1.82) is 0 Å². The average molecular weight is 258 g/mol. The molecule has 0 unspecified atom stereocenters. The molecule has 0 bridgehead atoms. The molecular formula is C12H16ClNO3. The Labute approximate surface area is 106 Å². The van der Waals surface area contributed by atoms with E-state index in [0.717, 1.165) is 29.4 Å². The van der Waals surface area contributed by atoms with E-state index in [1.54, 1.807) is 7.11 Å². The van der Waals surface area contributed by atoms with Gasteiger partial charge in [-0.1, -0.05) is 11.6 Å². The van der Waals surface area contributed by atoms with Gasteiger partial charge in [-0.05, 0) is 17.7 Å². The van der Waals surface area contributed by atoms with Gasteiger partial charge < -0.3 is 9.47 Å². The zero-order valence-electron chi connectivity index (χ0n) is 9.79. The van der Waals surface area contributed by atoms with Crippen LogP contribution in [0.1, 0.15) is 11.1 Å². The van der Waals surface area contributed by atoms with Gasteiger partial charge in [0.05, 0.1) is 19.8 Å². The van der Waals surface area contributed by atoms with Crippen LogP contribution in [0, 0.1) is 0 Å². The van der Waals surface area contributed by atoms with Crippen LogP contribution in [0.2, 0.25) is 5.02 Å². The zero-order valence-corrected chi connectivity index (χ0v) is 10.5. The summed E-state index contributed by atoms with van der Waals surface area (Å²) in [6.07, 6.45) is 0.924. The summed E-state index contributed by atoms with van der Waals surface area (Å²) in [6, 6.07) is 3.86. The Morgan fingerprint density at radius 1 is 1.41 bits per heavy atom. The third-order valence-corrected chi connectivity index (χ3v) is 2.80. The predicted octanol–water partition coefficient (Wildman–Crippen LogP) is 1.94. The lowest BCUT2D eigenvalue weighted by molar-refractivity contribution is 0.00322. The van der Waals surface area contributed by atoms with Crippen LogP contribution in [-0.4, -0.2) is 26.9 Å². The van der Waals surface area contributed by atoms with Crippen LogP contribution in [0.15, 0.2) is 12.1 Å². The largest absolute Gasteiger partial charge is 0.493 e. The Balaban J connectivity index is 1.92. The Hall–Kier alpha value is -0.810. The Morgan fingerprint density at radius 2 is 2.29 bits per heavy atom. The summed E-state index contributed by atoms with van der Waals surface area (Å²) in [4.78, 5) is 5.20. The topological polar surface area (TPSA) is 39.7 Å². The third kappa shape index (κ3) is 3.33. The molecule has 1 aromatic carbocycles. The molecule has 1 aliphatic heterocycles. The Bertz CT molecular complexity index is 384. The van der Waals surface area contributed by atoms with Gasteiger partial charge in [0.25, 0.3) is 0 Å². The van der Waals surface area contributed by atoms with Crippen LogP contribution in [-0.2, 0) is 22.5 Å². The molecule has 0 radical (unpaired) electrons. The number of nitrogens with one attached hydrogen (secondary N) is 1. The molecule has 1 N–H and O–H groups in total. The molecule has 0 saturated carbocycles. The lowest BCUT2D eigenvalue weighted by Gasteiger charge is -2.10. The van der Waals surface area contributed by atoms with E-state index in [2.05, 4.69) is 5.48 Å². The lowest BCUT2D eigenvalue weighted by atomic mass is 10.1. The maximum atomic E-state index is 6.05. The average Bonchev–Trinajstić information content (AvgIpc) is 2.76. The van der Waals surface area contributed by atoms with E-state index in [4.69, 9.17) is 25.9 Å². The van der Waals surface area contributed by atoms with E-state index in [1.807, 2.05) is 12.1 Å². The molecule has 0 atom stereocenters. The number of hydroxylamine groups is 1. The Morgan fingerprint density at radius 3 is 3.12 bits per heavy atom. The number of halogens is 1. The van der Waals surface area contributed by atoms with Gasteiger partial charge in [-0.3, -0.25) is 4.84 Å². The van der Waals surface area contributed by atoms with Gasteiger partial charge in [-0.2, -0.15) is 5.48 Å². The summed E-state index contributed by atoms with van der Waals surface area (Å²) in [7, 11) is 1.64. The summed E-state index contributed by atoms with van der Waals surface area (Å²) >= 11 is 6.05. The normalized spacial score (nSPS) is 13.5. The summed E-state index contributed by atoms with van der Waals surface area (Å²) in [6.45, 7) is 2.39. The smallest absolute Gasteiger partial charge is 0.127 e. The number of hydrogen-bond acceptors (Lipinski definition) is 4. The predicted molar refractivity (Wildman–Crippen MR) is 65.3 cm³/mol. The van der Waals surface area contributed by atoms with Crippen molar-refractivity contribution in [1.82, 2.24) is 5.48 Å². The summed E-state index contributed by atoms with van der Waals surface area (Å²) < 4.78 is 10.5. The molecule has 0 saturated heterocycles. The fraction of sp³-hybridized carbons (Fsp3) is 0.500. The van der Waals surface area contributed by atoms with Crippen molar-refractivity contribution < 1.29 is 14.3 Å². The van der Waals surface area contributed by atoms with Gasteiger partial charge in [0.15, 0.2) is 0 Å². The molecule has 2 rings (SSSR count). The van der Waals surface area contributed by atoms with E-state index < -0.39 is 0 Å². The standard InChI is InChI=1S/C12H16ClNO3/c1-15-4-5-17-14-8-10-7-11(13)6-9-2-3-16-12(9)10/h6-7,14H,2-5,8H2,1H3. The number of methoxy groups -OCH3 is 1. The van der Waals surface area contributed by atoms with Crippen LogP contribution < -0.4 is 10.2 Å². The first-order valence-electron chi connectivity index (χ1n) is 5.59. The zero-order chi connectivity index (χ0) is 12.1. The van der Waals surface area contributed by atoms with Crippen molar-refractivity contribution >= 4 is 11.6 Å². The third-order valence-electron chi connectivity index (χ3n) is 2.58. The highest BCUT2D eigenvalue weighted by Crippen LogP contribution is 2.32. The Kier molecular flexibility index (Phi) is 4.62. The molecule has 1 aromatic rings. The van der Waals surface area contributed by atoms with E-state index >= 15 is 0 Å². The van der Waals surface area contributed by atoms with Gasteiger partial charge >= 0.3 is 0 Å². The van der Waals surface area contributed by atoms with Crippen molar-refractivity contribution in [3.8, 4) is 5.75 Å². The number of hydrogen-bond donors (Lipinski definition) is 1.